The topological polar surface area (TPSA) is 0 Å². The minimum absolute atomic E-state index is 0. The van der Waals surface area contributed by atoms with E-state index in [2.05, 4.69) is 0 Å². The van der Waals surface area contributed by atoms with Gasteiger partial charge in [0.25, 0.3) is 0 Å². The van der Waals surface area contributed by atoms with Gasteiger partial charge in [0.1, 0.15) is 0 Å². The Hall–Kier alpha value is -6.00. The Kier molecular flexibility index (Phi) is 0. The van der Waals surface area contributed by atoms with Gasteiger partial charge in [-0.15, -0.1) is 0 Å². The molecule has 6 heteroatoms. The maximum absolute atomic E-state index is 0. The van der Waals surface area contributed by atoms with Crippen LogP contribution in [-0.4, -0.2) is 0 Å². The Morgan fingerprint density at radius 3 is 0.286 bits per heavy atom. The van der Waals surface area contributed by atoms with Crippen LogP contribution in [0.1, 0.15) is 0 Å². The van der Waals surface area contributed by atoms with Crippen LogP contribution in [0.15, 0.2) is 0 Å². The third-order valence-electron chi connectivity index (χ3n) is 0. The SMILES string of the molecule is [CH3-].[Rf].[Rf].[Rf].[Rf].[Rf].[Rf]. The van der Waals surface area contributed by atoms with Crippen LogP contribution in [0.4, 0.5) is 0 Å². The van der Waals surface area contributed by atoms with Gasteiger partial charge in [0.05, 0.1) is 0 Å². The molecule has 7 heavy (non-hydrogen) atoms. The minimum atomic E-state index is 0. The molecule has 0 atom stereocenters. The summed E-state index contributed by atoms with van der Waals surface area (Å²) in [6, 6.07) is 0. The van der Waals surface area contributed by atoms with E-state index in [0.29, 0.717) is 0 Å². The molecule has 0 aliphatic rings. The predicted molar refractivity (Wildman–Crippen MR) is 6.41 cm³/mol. The summed E-state index contributed by atoms with van der Waals surface area (Å²) < 4.78 is 0. The molecule has 0 radical (unpaired) electrons. The van der Waals surface area contributed by atoms with Gasteiger partial charge in [0.15, 0.2) is 0 Å². The van der Waals surface area contributed by atoms with Crippen LogP contribution in [0.3, 0.4) is 0 Å². The Morgan fingerprint density at radius 2 is 0.286 bits per heavy atom. The zero-order chi connectivity index (χ0) is 0. The summed E-state index contributed by atoms with van der Waals surface area (Å²) in [6.45, 7) is 0. The molecule has 0 bridgehead atoms. The zero-order valence-electron chi connectivity index (χ0n) is 5.24. The van der Waals surface area contributed by atoms with E-state index < -0.39 is 0 Å². The first-order valence-electron chi connectivity index (χ1n) is 0. The molecule has 0 amide bonds. The predicted octanol–water partition coefficient (Wildman–Crippen LogP) is 0.450. The second-order valence-corrected chi connectivity index (χ2v) is 0. The number of rotatable bonds is 0. The molecule has 0 N–H and O–H groups in total. The second kappa shape index (κ2) is 0. The van der Waals surface area contributed by atoms with Crippen LogP contribution in [0, 0.1) is 7.43 Å². The van der Waals surface area contributed by atoms with Crippen molar-refractivity contribution in [3.05, 3.63) is 7.43 Å². The molecule has 0 spiro atoms. The van der Waals surface area contributed by atoms with Gasteiger partial charge in [-0.2, -0.15) is 0 Å². The van der Waals surface area contributed by atoms with Gasteiger partial charge >= 0.3 is 0 Å². The van der Waals surface area contributed by atoms with E-state index in [4.69, 9.17) is 0 Å². The fraction of sp³-hybridized carbons (Fsp3) is 0. The van der Waals surface area contributed by atoms with Crippen LogP contribution in [0.2, 0.25) is 0 Å². The first kappa shape index (κ1) is 0. The second-order valence-electron chi connectivity index (χ2n) is 0. The van der Waals surface area contributed by atoms with Gasteiger partial charge < -0.3 is 7.43 Å². The molecule has 0 aliphatic heterocycles. The smallest absolute Gasteiger partial charge is 0 e. The molecule has 0 aromatic heterocycles. The largest absolute Gasteiger partial charge is 0.358 e. The van der Waals surface area contributed by atoms with E-state index in [1.54, 1.807) is 0 Å². The minimum Gasteiger partial charge on any atom is -0.358 e. The Balaban J connectivity index is 0. The maximum atomic E-state index is 0. The fourth-order valence-electron chi connectivity index (χ4n) is 0. The zero-order valence-corrected chi connectivity index (χ0v) is 43.6. The van der Waals surface area contributed by atoms with Gasteiger partial charge in [0.2, 0.25) is 0 Å². The average Bonchev–Trinajstić information content (AvgIpc) is 0. The fourth-order valence-corrected chi connectivity index (χ4v) is 0. The molecule has 20 valence electrons. The van der Waals surface area contributed by atoms with E-state index in [1.165, 1.54) is 0 Å². The molecular formula is CH3Rf6-. The van der Waals surface area contributed by atoms with E-state index >= 15 is 0 Å². The molecule has 0 unspecified atom stereocenters. The van der Waals surface area contributed by atoms with Crippen LogP contribution >= 0.6 is 0 Å². The van der Waals surface area contributed by atoms with Gasteiger partial charge in [-0.05, 0) is 0 Å². The van der Waals surface area contributed by atoms with E-state index in [-0.39, 0.29) is 7.43 Å². The summed E-state index contributed by atoms with van der Waals surface area (Å²) in [6.07, 6.45) is 0. The first-order chi connectivity index (χ1) is 0. The van der Waals surface area contributed by atoms with Crippen molar-refractivity contribution in [3.63, 3.8) is 0 Å². The summed E-state index contributed by atoms with van der Waals surface area (Å²) in [5, 5.41) is 0. The van der Waals surface area contributed by atoms with Crippen molar-refractivity contribution in [1.82, 2.24) is 0 Å². The molecule has 0 aromatic carbocycles. The summed E-state index contributed by atoms with van der Waals surface area (Å²) in [5.41, 5.74) is 0. The van der Waals surface area contributed by atoms with Crippen LogP contribution in [0.5, 0.6) is 0 Å². The van der Waals surface area contributed by atoms with Crippen LogP contribution in [0.25, 0.3) is 0 Å². The van der Waals surface area contributed by atoms with Crippen molar-refractivity contribution in [2.24, 2.45) is 0 Å². The average molecular weight is 1620 g/mol. The maximum Gasteiger partial charge on any atom is 0 e. The molecule has 0 saturated carbocycles. The van der Waals surface area contributed by atoms with Crippen molar-refractivity contribution >= 4 is 0 Å². The molecule has 0 heterocycles. The van der Waals surface area contributed by atoms with Crippen molar-refractivity contribution in [2.45, 2.75) is 0 Å². The summed E-state index contributed by atoms with van der Waals surface area (Å²) in [5.74, 6) is 0. The number of hydrogen-bond acceptors (Lipinski definition) is 0. The van der Waals surface area contributed by atoms with E-state index in [9.17, 15) is 0 Å². The normalized spacial score (nSPS) is 0. The monoisotopic (exact) mass is 1620 g/mol. The Morgan fingerprint density at radius 1 is 0.286 bits per heavy atom. The van der Waals surface area contributed by atoms with Crippen molar-refractivity contribution in [1.29, 1.82) is 0 Å². The van der Waals surface area contributed by atoms with Crippen molar-refractivity contribution < 1.29 is 0 Å². The quantitative estimate of drug-likeness (QED) is 0.310. The third-order valence-corrected chi connectivity index (χ3v) is 0. The van der Waals surface area contributed by atoms with E-state index in [0.717, 1.165) is 0 Å². The molecule has 0 saturated heterocycles. The van der Waals surface area contributed by atoms with Crippen LogP contribution in [-0.2, 0) is 0 Å². The van der Waals surface area contributed by atoms with Gasteiger partial charge in [0, 0.05) is 0 Å². The number of hydrogen-bond donors (Lipinski definition) is 0. The van der Waals surface area contributed by atoms with Gasteiger partial charge in [-0.25, -0.2) is 0 Å². The van der Waals surface area contributed by atoms with Crippen LogP contribution < -0.4 is 0 Å². The van der Waals surface area contributed by atoms with Crippen molar-refractivity contribution in [2.75, 3.05) is 0 Å². The molecule has 0 aromatic rings. The summed E-state index contributed by atoms with van der Waals surface area (Å²) in [7, 11) is 0. The molecule has 0 aliphatic carbocycles. The van der Waals surface area contributed by atoms with E-state index in [1.807, 2.05) is 0 Å². The molecule has 0 rings (SSSR count). The summed E-state index contributed by atoms with van der Waals surface area (Å²) in [4.78, 5) is 0. The standard InChI is InChI=1S/CH3.6Rf/h1H3;;;;;;/q-1;;;;;;. The molecule has 0 nitrogen and oxygen atoms in total. The Labute approximate surface area is 8.74 Å². The molecule has 0 fully saturated rings. The van der Waals surface area contributed by atoms with Crippen molar-refractivity contribution in [3.8, 4) is 0 Å². The van der Waals surface area contributed by atoms with Gasteiger partial charge in [-0.1, -0.05) is 0 Å². The Bertz CT molecular complexity index is 4.14. The van der Waals surface area contributed by atoms with Gasteiger partial charge in [-0.3, -0.25) is 0 Å². The third kappa shape index (κ3) is 0. The molecular weight excluding hydrogens is 1610 g/mol. The first-order valence-corrected chi connectivity index (χ1v) is 0. The summed E-state index contributed by atoms with van der Waals surface area (Å²) >= 11 is 0.